The van der Waals surface area contributed by atoms with E-state index in [4.69, 9.17) is 4.42 Å². The van der Waals surface area contributed by atoms with Crippen molar-refractivity contribution in [3.8, 4) is 0 Å². The molecule has 0 unspecified atom stereocenters. The predicted octanol–water partition coefficient (Wildman–Crippen LogP) is 2.66. The number of benzene rings is 1. The van der Waals surface area contributed by atoms with Crippen LogP contribution in [-0.4, -0.2) is 83.4 Å². The van der Waals surface area contributed by atoms with Crippen LogP contribution >= 0.6 is 0 Å². The van der Waals surface area contributed by atoms with Gasteiger partial charge in [0.15, 0.2) is 11.6 Å². The number of aromatic nitrogens is 3. The van der Waals surface area contributed by atoms with Crippen LogP contribution in [0.1, 0.15) is 64.8 Å². The van der Waals surface area contributed by atoms with E-state index in [1.165, 1.54) is 6.26 Å². The van der Waals surface area contributed by atoms with Crippen LogP contribution in [0.5, 0.6) is 0 Å². The van der Waals surface area contributed by atoms with E-state index < -0.39 is 0 Å². The summed E-state index contributed by atoms with van der Waals surface area (Å²) in [7, 11) is 0. The van der Waals surface area contributed by atoms with Gasteiger partial charge < -0.3 is 29.8 Å². The van der Waals surface area contributed by atoms with Gasteiger partial charge >= 0.3 is 0 Å². The molecule has 2 saturated heterocycles. The highest BCUT2D eigenvalue weighted by atomic mass is 16.3. The molecule has 3 fully saturated rings. The molecule has 2 N–H and O–H groups in total. The second kappa shape index (κ2) is 11.9. The summed E-state index contributed by atoms with van der Waals surface area (Å²) in [6.45, 7) is 4.81. The molecule has 2 aliphatic heterocycles. The second-order valence-electron chi connectivity index (χ2n) is 10.7. The summed E-state index contributed by atoms with van der Waals surface area (Å²) in [5.41, 5.74) is 2.03. The summed E-state index contributed by atoms with van der Waals surface area (Å²) in [4.78, 5) is 57.0. The van der Waals surface area contributed by atoms with Gasteiger partial charge in [-0.2, -0.15) is 0 Å². The fourth-order valence-electron chi connectivity index (χ4n) is 5.31. The minimum Gasteiger partial charge on any atom is -0.448 e. The van der Waals surface area contributed by atoms with Crippen molar-refractivity contribution in [3.63, 3.8) is 0 Å². The van der Waals surface area contributed by atoms with Crippen molar-refractivity contribution in [2.24, 2.45) is 0 Å². The van der Waals surface area contributed by atoms with Gasteiger partial charge in [-0.05, 0) is 49.9 Å². The van der Waals surface area contributed by atoms with E-state index in [-0.39, 0.29) is 23.4 Å². The molecule has 2 aromatic heterocycles. The molecule has 1 saturated carbocycles. The summed E-state index contributed by atoms with van der Waals surface area (Å²) >= 11 is 0. The van der Waals surface area contributed by atoms with Gasteiger partial charge in [0, 0.05) is 69.9 Å². The Morgan fingerprint density at radius 3 is 2.59 bits per heavy atom. The average Bonchev–Trinajstić information content (AvgIpc) is 3.59. The Bertz CT molecular complexity index is 1400. The number of likely N-dealkylation sites (tertiary alicyclic amines) is 1. The van der Waals surface area contributed by atoms with Crippen molar-refractivity contribution in [2.75, 3.05) is 60.9 Å². The highest BCUT2D eigenvalue weighted by Gasteiger charge is 2.30. The zero-order valence-electron chi connectivity index (χ0n) is 22.9. The van der Waals surface area contributed by atoms with Gasteiger partial charge in [0.25, 0.3) is 11.8 Å². The predicted molar refractivity (Wildman–Crippen MR) is 152 cm³/mol. The molecule has 4 heterocycles. The Labute approximate surface area is 238 Å². The lowest BCUT2D eigenvalue weighted by Gasteiger charge is -2.37. The molecule has 12 heteroatoms. The van der Waals surface area contributed by atoms with Gasteiger partial charge in [0.2, 0.25) is 5.91 Å². The molecule has 3 amide bonds. The minimum absolute atomic E-state index is 0.182. The van der Waals surface area contributed by atoms with Crippen LogP contribution in [0.3, 0.4) is 0 Å². The normalized spacial score (nSPS) is 17.2. The third-order valence-corrected chi connectivity index (χ3v) is 7.76. The summed E-state index contributed by atoms with van der Waals surface area (Å²) in [5.74, 6) is 1.35. The Hall–Kier alpha value is -4.48. The molecular weight excluding hydrogens is 524 g/mol. The molecule has 41 heavy (non-hydrogen) atoms. The van der Waals surface area contributed by atoms with Crippen LogP contribution in [0.25, 0.3) is 0 Å². The fraction of sp³-hybridized carbons (Fsp3) is 0.448. The Morgan fingerprint density at radius 2 is 1.85 bits per heavy atom. The zero-order chi connectivity index (χ0) is 28.2. The highest BCUT2D eigenvalue weighted by Crippen LogP contribution is 2.39. The number of nitrogens with one attached hydrogen (secondary N) is 2. The highest BCUT2D eigenvalue weighted by molar-refractivity contribution is 6.06. The summed E-state index contributed by atoms with van der Waals surface area (Å²) in [6.07, 6.45) is 8.92. The number of carbonyl (C=O) groups excluding carboxylic acids is 3. The first kappa shape index (κ1) is 26.7. The van der Waals surface area contributed by atoms with Crippen LogP contribution in [0, 0.1) is 0 Å². The number of anilines is 3. The number of hydrogen-bond donors (Lipinski definition) is 2. The Balaban J connectivity index is 1.14. The molecule has 6 rings (SSSR count). The lowest BCUT2D eigenvalue weighted by molar-refractivity contribution is -0.127. The summed E-state index contributed by atoms with van der Waals surface area (Å²) < 4.78 is 5.52. The van der Waals surface area contributed by atoms with Gasteiger partial charge in [-0.3, -0.25) is 14.4 Å². The van der Waals surface area contributed by atoms with Crippen LogP contribution in [0.4, 0.5) is 17.2 Å². The molecule has 3 aliphatic rings. The van der Waals surface area contributed by atoms with Crippen LogP contribution in [-0.2, 0) is 4.79 Å². The number of oxazole rings is 1. The molecular formula is C29H34N8O4. The maximum atomic E-state index is 13.2. The molecule has 214 valence electrons. The maximum absolute atomic E-state index is 13.2. The van der Waals surface area contributed by atoms with E-state index in [1.54, 1.807) is 24.7 Å². The monoisotopic (exact) mass is 558 g/mol. The Kier molecular flexibility index (Phi) is 7.79. The van der Waals surface area contributed by atoms with Crippen molar-refractivity contribution >= 4 is 34.9 Å². The van der Waals surface area contributed by atoms with Gasteiger partial charge in [-0.25, -0.2) is 15.0 Å². The minimum atomic E-state index is -0.380. The van der Waals surface area contributed by atoms with E-state index >= 15 is 0 Å². The molecule has 3 aromatic rings. The molecule has 0 bridgehead atoms. The lowest BCUT2D eigenvalue weighted by atomic mass is 10.1. The topological polar surface area (TPSA) is 137 Å². The third kappa shape index (κ3) is 6.31. The van der Waals surface area contributed by atoms with Crippen molar-refractivity contribution in [1.82, 2.24) is 25.2 Å². The summed E-state index contributed by atoms with van der Waals surface area (Å²) in [5, 5.41) is 5.93. The number of rotatable bonds is 10. The van der Waals surface area contributed by atoms with Gasteiger partial charge in [0.1, 0.15) is 18.4 Å². The third-order valence-electron chi connectivity index (χ3n) is 7.76. The van der Waals surface area contributed by atoms with E-state index in [9.17, 15) is 14.4 Å². The number of piperazine rings is 1. The largest absolute Gasteiger partial charge is 0.448 e. The first-order valence-corrected chi connectivity index (χ1v) is 14.3. The van der Waals surface area contributed by atoms with Crippen LogP contribution in [0.15, 0.2) is 47.5 Å². The van der Waals surface area contributed by atoms with Crippen molar-refractivity contribution in [1.29, 1.82) is 0 Å². The zero-order valence-corrected chi connectivity index (χ0v) is 22.9. The van der Waals surface area contributed by atoms with Crippen LogP contribution < -0.4 is 20.4 Å². The van der Waals surface area contributed by atoms with E-state index in [0.717, 1.165) is 50.4 Å². The first-order valence-electron chi connectivity index (χ1n) is 14.3. The van der Waals surface area contributed by atoms with Crippen LogP contribution in [0.2, 0.25) is 0 Å². The lowest BCUT2D eigenvalue weighted by Crippen LogP contribution is -2.47. The smallest absolute Gasteiger partial charge is 0.277 e. The number of amides is 3. The molecule has 1 aromatic carbocycles. The average molecular weight is 559 g/mol. The Morgan fingerprint density at radius 1 is 1.02 bits per heavy atom. The first-order chi connectivity index (χ1) is 20.0. The second-order valence-corrected chi connectivity index (χ2v) is 10.7. The van der Waals surface area contributed by atoms with E-state index in [1.807, 2.05) is 17.0 Å². The van der Waals surface area contributed by atoms with Crippen molar-refractivity contribution in [3.05, 3.63) is 60.2 Å². The molecule has 0 atom stereocenters. The summed E-state index contributed by atoms with van der Waals surface area (Å²) in [6, 6.07) is 7.27. The van der Waals surface area contributed by atoms with Gasteiger partial charge in [-0.1, -0.05) is 0 Å². The standard InChI is InChI=1S/C29H34N8O4/c38-26-3-1-11-37(26)12-2-9-31-27(39)21-6-7-24(35-13-15-36(16-14-35)25-8-10-30-19-32-25)22(17-21)33-28(40)23-18-41-29(34-23)20-4-5-20/h6-8,10,17-20H,1-5,9,11-16H2,(H,31,39)(H,33,40). The van der Waals surface area contributed by atoms with Crippen molar-refractivity contribution in [2.45, 2.75) is 38.0 Å². The number of hydrogen-bond acceptors (Lipinski definition) is 9. The number of carbonyl (C=O) groups is 3. The molecule has 0 spiro atoms. The SMILES string of the molecule is O=C(NCCCN1CCCC1=O)c1ccc(N2CCN(c3ccncn3)CC2)c(NC(=O)c2coc(C3CC3)n2)c1. The molecule has 0 radical (unpaired) electrons. The quantitative estimate of drug-likeness (QED) is 0.360. The number of nitrogens with zero attached hydrogens (tertiary/aromatic N) is 6. The van der Waals surface area contributed by atoms with E-state index in [2.05, 4.69) is 35.4 Å². The van der Waals surface area contributed by atoms with Gasteiger partial charge in [0.05, 0.1) is 11.4 Å². The molecule has 12 nitrogen and oxygen atoms in total. The molecule has 1 aliphatic carbocycles. The van der Waals surface area contributed by atoms with E-state index in [0.29, 0.717) is 62.1 Å². The van der Waals surface area contributed by atoms with Crippen molar-refractivity contribution < 1.29 is 18.8 Å². The fourth-order valence-corrected chi connectivity index (χ4v) is 5.31. The maximum Gasteiger partial charge on any atom is 0.277 e. The van der Waals surface area contributed by atoms with Gasteiger partial charge in [-0.15, -0.1) is 0 Å².